The van der Waals surface area contributed by atoms with Gasteiger partial charge in [0.25, 0.3) is 0 Å². The molecule has 0 aromatic heterocycles. The molecule has 1 amide bonds. The number of aliphatic hydroxyl groups is 1. The molecule has 2 heterocycles. The van der Waals surface area contributed by atoms with E-state index in [1.54, 1.807) is 42.2 Å². The number of nitrogens with zero attached hydrogens (tertiary/aromatic N) is 2. The zero-order chi connectivity index (χ0) is 28.8. The van der Waals surface area contributed by atoms with Crippen molar-refractivity contribution >= 4 is 35.1 Å². The maximum absolute atomic E-state index is 14.2. The predicted octanol–water partition coefficient (Wildman–Crippen LogP) is 5.92. The molecular weight excluding hydrogens is 556 g/mol. The van der Waals surface area contributed by atoms with Crippen LogP contribution in [-0.4, -0.2) is 69.3 Å². The summed E-state index contributed by atoms with van der Waals surface area (Å²) < 4.78 is 39.9. The second-order valence-electron chi connectivity index (χ2n) is 11.0. The van der Waals surface area contributed by atoms with Gasteiger partial charge >= 0.3 is 12.1 Å². The number of piperidine rings is 1. The minimum atomic E-state index is -4.75. The van der Waals surface area contributed by atoms with Crippen molar-refractivity contribution < 1.29 is 33.0 Å². The molecular formula is C28H31Cl2F3N2O4. The Labute approximate surface area is 235 Å². The lowest BCUT2D eigenvalue weighted by molar-refractivity contribution is -0.302. The summed E-state index contributed by atoms with van der Waals surface area (Å²) in [6.07, 6.45) is -4.52. The molecule has 2 N–H and O–H groups in total. The van der Waals surface area contributed by atoms with Crippen molar-refractivity contribution in [1.29, 1.82) is 0 Å². The van der Waals surface area contributed by atoms with Crippen molar-refractivity contribution in [3.63, 3.8) is 0 Å². The van der Waals surface area contributed by atoms with Gasteiger partial charge in [0, 0.05) is 41.6 Å². The molecule has 4 atom stereocenters. The zero-order valence-corrected chi connectivity index (χ0v) is 23.1. The van der Waals surface area contributed by atoms with Gasteiger partial charge in [-0.25, -0.2) is 0 Å². The Hall–Kier alpha value is -2.33. The summed E-state index contributed by atoms with van der Waals surface area (Å²) in [6.45, 7) is 2.38. The maximum Gasteiger partial charge on any atom is 0.419 e. The molecule has 2 saturated heterocycles. The number of hydrogen-bond acceptors (Lipinski definition) is 4. The van der Waals surface area contributed by atoms with E-state index < -0.39 is 54.8 Å². The Morgan fingerprint density at radius 2 is 1.74 bits per heavy atom. The number of carbonyl (C=O) groups excluding carboxylic acids is 1. The first-order valence-electron chi connectivity index (χ1n) is 12.7. The van der Waals surface area contributed by atoms with Crippen molar-refractivity contribution in [2.75, 3.05) is 19.6 Å². The van der Waals surface area contributed by atoms with Crippen LogP contribution in [0.2, 0.25) is 10.0 Å². The van der Waals surface area contributed by atoms with E-state index in [1.807, 2.05) is 25.1 Å². The van der Waals surface area contributed by atoms with Crippen molar-refractivity contribution in [3.05, 3.63) is 69.7 Å². The van der Waals surface area contributed by atoms with Crippen LogP contribution in [0, 0.1) is 5.41 Å². The standard InChI is InChI=1S/C28H31Cl2F3N2O4/c1-3-21(14-34-15-27(39,16-34)28(31,32)33)35-24(17-7-9-19(29)10-8-17)22(18-5-4-6-20(30)11-18)12-26(2,25(35)38)13-23(36)37/h4-11,21-22,24,39H,3,12-16H2,1-2H3,(H,36,37)/t21-,22+,24+,26-/m0/s1. The number of amides is 1. The number of aliphatic carboxylic acids is 1. The molecule has 0 radical (unpaired) electrons. The summed E-state index contributed by atoms with van der Waals surface area (Å²) in [5.41, 5.74) is -2.46. The molecule has 0 bridgehead atoms. The molecule has 2 aromatic carbocycles. The van der Waals surface area contributed by atoms with Crippen molar-refractivity contribution in [3.8, 4) is 0 Å². The van der Waals surface area contributed by atoms with Crippen molar-refractivity contribution in [1.82, 2.24) is 9.80 Å². The second kappa shape index (κ2) is 10.9. The van der Waals surface area contributed by atoms with Crippen LogP contribution in [0.25, 0.3) is 0 Å². The minimum absolute atomic E-state index is 0.0934. The number of alkyl halides is 3. The number of halogens is 5. The number of carboxylic acid groups (broad SMARTS) is 1. The number of β-amino-alcohol motifs (C(OH)–C–C–N with tert-alkyl or cyclic N) is 1. The van der Waals surface area contributed by atoms with E-state index in [1.165, 1.54) is 4.90 Å². The van der Waals surface area contributed by atoms with Gasteiger partial charge in [0.05, 0.1) is 17.9 Å². The van der Waals surface area contributed by atoms with E-state index in [4.69, 9.17) is 23.2 Å². The first-order valence-corrected chi connectivity index (χ1v) is 13.5. The highest BCUT2D eigenvalue weighted by atomic mass is 35.5. The molecule has 2 aliphatic rings. The smallest absolute Gasteiger partial charge is 0.419 e. The first-order chi connectivity index (χ1) is 18.2. The Kier molecular flexibility index (Phi) is 8.30. The van der Waals surface area contributed by atoms with Gasteiger partial charge in [0.1, 0.15) is 0 Å². The third kappa shape index (κ3) is 5.92. The molecule has 0 aliphatic carbocycles. The normalized spacial score (nSPS) is 26.3. The number of hydrogen-bond donors (Lipinski definition) is 2. The molecule has 0 spiro atoms. The molecule has 2 aromatic rings. The summed E-state index contributed by atoms with van der Waals surface area (Å²) in [6, 6.07) is 13.1. The van der Waals surface area contributed by atoms with Gasteiger partial charge in [0.2, 0.25) is 5.91 Å². The highest BCUT2D eigenvalue weighted by Crippen LogP contribution is 2.52. The lowest BCUT2D eigenvalue weighted by atomic mass is 9.67. The minimum Gasteiger partial charge on any atom is -0.481 e. The quantitative estimate of drug-likeness (QED) is 0.401. The van der Waals surface area contributed by atoms with E-state index in [0.717, 1.165) is 11.1 Å². The van der Waals surface area contributed by atoms with E-state index in [2.05, 4.69) is 0 Å². The summed E-state index contributed by atoms with van der Waals surface area (Å²) in [7, 11) is 0. The molecule has 0 saturated carbocycles. The number of likely N-dealkylation sites (tertiary alicyclic amines) is 2. The van der Waals surface area contributed by atoms with Gasteiger partial charge in [0.15, 0.2) is 5.60 Å². The van der Waals surface area contributed by atoms with Gasteiger partial charge in [-0.15, -0.1) is 0 Å². The topological polar surface area (TPSA) is 81.1 Å². The third-order valence-corrected chi connectivity index (χ3v) is 8.45. The SMILES string of the molecule is CC[C@@H](CN1CC(O)(C(F)(F)F)C1)N1C(=O)[C@](C)(CC(=O)O)C[C@H](c2cccc(Cl)c2)[C@H]1c1ccc(Cl)cc1. The predicted molar refractivity (Wildman–Crippen MR) is 142 cm³/mol. The summed E-state index contributed by atoms with van der Waals surface area (Å²) in [5, 5.41) is 20.7. The molecule has 6 nitrogen and oxygen atoms in total. The molecule has 4 rings (SSSR count). The van der Waals surface area contributed by atoms with Gasteiger partial charge in [-0.2, -0.15) is 13.2 Å². The van der Waals surface area contributed by atoms with Crippen LogP contribution in [0.5, 0.6) is 0 Å². The van der Waals surface area contributed by atoms with Gasteiger partial charge < -0.3 is 15.1 Å². The maximum atomic E-state index is 14.2. The molecule has 2 fully saturated rings. The van der Waals surface area contributed by atoms with Crippen LogP contribution in [0.15, 0.2) is 48.5 Å². The number of benzene rings is 2. The fourth-order valence-electron chi connectivity index (χ4n) is 5.99. The highest BCUT2D eigenvalue weighted by Gasteiger charge is 2.61. The van der Waals surface area contributed by atoms with Crippen LogP contribution in [0.4, 0.5) is 13.2 Å². The number of carbonyl (C=O) groups is 2. The Morgan fingerprint density at radius 3 is 2.28 bits per heavy atom. The molecule has 2 aliphatic heterocycles. The Bertz CT molecular complexity index is 1220. The van der Waals surface area contributed by atoms with Gasteiger partial charge in [-0.3, -0.25) is 14.5 Å². The van der Waals surface area contributed by atoms with Crippen LogP contribution >= 0.6 is 23.2 Å². The first kappa shape index (κ1) is 29.6. The molecule has 212 valence electrons. The monoisotopic (exact) mass is 586 g/mol. The lowest BCUT2D eigenvalue weighted by Crippen LogP contribution is -2.71. The average Bonchev–Trinajstić information content (AvgIpc) is 2.82. The lowest BCUT2D eigenvalue weighted by Gasteiger charge is -2.54. The molecule has 39 heavy (non-hydrogen) atoms. The number of carboxylic acids is 1. The Morgan fingerprint density at radius 1 is 1.10 bits per heavy atom. The summed E-state index contributed by atoms with van der Waals surface area (Å²) >= 11 is 12.5. The number of rotatable bonds is 8. The summed E-state index contributed by atoms with van der Waals surface area (Å²) in [5.74, 6) is -1.85. The van der Waals surface area contributed by atoms with Gasteiger partial charge in [-0.05, 0) is 48.2 Å². The average molecular weight is 587 g/mol. The zero-order valence-electron chi connectivity index (χ0n) is 21.6. The van der Waals surface area contributed by atoms with Gasteiger partial charge in [-0.1, -0.05) is 61.3 Å². The van der Waals surface area contributed by atoms with Crippen molar-refractivity contribution in [2.45, 2.75) is 62.9 Å². The fourth-order valence-corrected chi connectivity index (χ4v) is 6.32. The van der Waals surface area contributed by atoms with E-state index in [0.29, 0.717) is 16.5 Å². The Balaban J connectivity index is 1.79. The van der Waals surface area contributed by atoms with Crippen LogP contribution in [-0.2, 0) is 9.59 Å². The van der Waals surface area contributed by atoms with Crippen molar-refractivity contribution in [2.24, 2.45) is 5.41 Å². The van der Waals surface area contributed by atoms with E-state index >= 15 is 0 Å². The van der Waals surface area contributed by atoms with Crippen LogP contribution < -0.4 is 0 Å². The van der Waals surface area contributed by atoms with Crippen LogP contribution in [0.1, 0.15) is 56.2 Å². The van der Waals surface area contributed by atoms with Crippen LogP contribution in [0.3, 0.4) is 0 Å². The largest absolute Gasteiger partial charge is 0.481 e. The van der Waals surface area contributed by atoms with E-state index in [-0.39, 0.29) is 24.8 Å². The second-order valence-corrected chi connectivity index (χ2v) is 11.8. The van der Waals surface area contributed by atoms with E-state index in [9.17, 15) is 33.0 Å². The fraction of sp³-hybridized carbons (Fsp3) is 0.500. The molecule has 11 heteroatoms. The summed E-state index contributed by atoms with van der Waals surface area (Å²) in [4.78, 5) is 29.3. The molecule has 0 unspecified atom stereocenters. The highest BCUT2D eigenvalue weighted by molar-refractivity contribution is 6.30. The third-order valence-electron chi connectivity index (χ3n) is 7.96.